The third kappa shape index (κ3) is 7.65. The molecule has 1 saturated heterocycles. The lowest BCUT2D eigenvalue weighted by Crippen LogP contribution is -2.45. The number of pyridine rings is 1. The fourth-order valence-corrected chi connectivity index (χ4v) is 4.06. The average molecular weight is 480 g/mol. The summed E-state index contributed by atoms with van der Waals surface area (Å²) < 4.78 is 10.7. The van der Waals surface area contributed by atoms with Crippen LogP contribution in [0.2, 0.25) is 0 Å². The minimum Gasteiger partial charge on any atom is -0.463 e. The zero-order valence-corrected chi connectivity index (χ0v) is 21.7. The van der Waals surface area contributed by atoms with Crippen LogP contribution in [0.25, 0.3) is 6.08 Å². The molecular formula is C28H37N3O4. The molecule has 0 N–H and O–H groups in total. The molecule has 188 valence electrons. The molecule has 1 aromatic carbocycles. The third-order valence-electron chi connectivity index (χ3n) is 5.90. The number of rotatable bonds is 7. The molecule has 1 atom stereocenters. The van der Waals surface area contributed by atoms with E-state index in [1.165, 1.54) is 22.8 Å². The Morgan fingerprint density at radius 3 is 2.57 bits per heavy atom. The summed E-state index contributed by atoms with van der Waals surface area (Å²) in [4.78, 5) is 33.4. The summed E-state index contributed by atoms with van der Waals surface area (Å²) in [6, 6.07) is 10.1. The van der Waals surface area contributed by atoms with Crippen molar-refractivity contribution in [2.45, 2.75) is 66.2 Å². The highest BCUT2D eigenvalue weighted by molar-refractivity contribution is 5.88. The van der Waals surface area contributed by atoms with Crippen LogP contribution < -0.4 is 4.90 Å². The SMILES string of the molecule is CCOC(=O)C=Cc1ccc(N(C(=O)OC(C)(C)C)[C@@H]2CCN(Cc3ccc(C)c(C)c3)C2)nc1. The molecule has 1 aromatic heterocycles. The molecule has 1 aliphatic rings. The Labute approximate surface area is 208 Å². The fraction of sp³-hybridized carbons (Fsp3) is 0.464. The van der Waals surface area contributed by atoms with Crippen molar-refractivity contribution >= 4 is 24.0 Å². The Balaban J connectivity index is 1.76. The average Bonchev–Trinajstić information content (AvgIpc) is 3.22. The number of hydrogen-bond acceptors (Lipinski definition) is 6. The predicted molar refractivity (Wildman–Crippen MR) is 138 cm³/mol. The molecule has 1 amide bonds. The summed E-state index contributed by atoms with van der Waals surface area (Å²) in [5.74, 6) is 0.132. The van der Waals surface area contributed by atoms with Crippen LogP contribution in [0.15, 0.2) is 42.6 Å². The number of amides is 1. The molecule has 0 aliphatic carbocycles. The Bertz CT molecular complexity index is 1060. The van der Waals surface area contributed by atoms with Gasteiger partial charge in [-0.05, 0) is 88.4 Å². The summed E-state index contributed by atoms with van der Waals surface area (Å²) in [5.41, 5.74) is 3.97. The number of anilines is 1. The lowest BCUT2D eigenvalue weighted by atomic mass is 10.1. The molecule has 0 bridgehead atoms. The molecule has 35 heavy (non-hydrogen) atoms. The summed E-state index contributed by atoms with van der Waals surface area (Å²) >= 11 is 0. The van der Waals surface area contributed by atoms with E-state index in [0.717, 1.165) is 31.6 Å². The van der Waals surface area contributed by atoms with Crippen molar-refractivity contribution in [2.75, 3.05) is 24.6 Å². The zero-order chi connectivity index (χ0) is 25.6. The molecular weight excluding hydrogens is 442 g/mol. The van der Waals surface area contributed by atoms with Crippen molar-refractivity contribution in [2.24, 2.45) is 0 Å². The van der Waals surface area contributed by atoms with Gasteiger partial charge in [0, 0.05) is 31.9 Å². The van der Waals surface area contributed by atoms with E-state index >= 15 is 0 Å². The van der Waals surface area contributed by atoms with E-state index in [4.69, 9.17) is 9.47 Å². The molecule has 7 nitrogen and oxygen atoms in total. The second kappa shape index (κ2) is 11.5. The lowest BCUT2D eigenvalue weighted by Gasteiger charge is -2.31. The number of benzene rings is 1. The maximum atomic E-state index is 13.2. The van der Waals surface area contributed by atoms with Crippen molar-refractivity contribution in [3.8, 4) is 0 Å². The van der Waals surface area contributed by atoms with E-state index in [1.807, 2.05) is 26.8 Å². The van der Waals surface area contributed by atoms with E-state index in [-0.39, 0.29) is 6.04 Å². The van der Waals surface area contributed by atoms with Gasteiger partial charge in [0.2, 0.25) is 0 Å². The largest absolute Gasteiger partial charge is 0.463 e. The summed E-state index contributed by atoms with van der Waals surface area (Å²) in [7, 11) is 0. The van der Waals surface area contributed by atoms with Crippen LogP contribution >= 0.6 is 0 Å². The highest BCUT2D eigenvalue weighted by Gasteiger charge is 2.35. The standard InChI is InChI=1S/C28H37N3O4/c1-7-34-26(32)13-11-22-10-12-25(29-17-22)31(27(33)35-28(4,5)6)24-14-15-30(19-24)18-23-9-8-20(2)21(3)16-23/h8-13,16-17,24H,7,14-15,18-19H2,1-6H3/t24-/m1/s1. The number of likely N-dealkylation sites (tertiary alicyclic amines) is 1. The topological polar surface area (TPSA) is 72.0 Å². The van der Waals surface area contributed by atoms with Gasteiger partial charge in [-0.3, -0.25) is 9.80 Å². The first-order chi connectivity index (χ1) is 16.6. The summed E-state index contributed by atoms with van der Waals surface area (Å²) in [5, 5.41) is 0. The number of carbonyl (C=O) groups is 2. The number of nitrogens with zero attached hydrogens (tertiary/aromatic N) is 3. The van der Waals surface area contributed by atoms with Crippen LogP contribution in [0.1, 0.15) is 56.4 Å². The molecule has 0 radical (unpaired) electrons. The van der Waals surface area contributed by atoms with E-state index in [9.17, 15) is 9.59 Å². The molecule has 7 heteroatoms. The normalized spacial score (nSPS) is 16.5. The van der Waals surface area contributed by atoms with E-state index in [0.29, 0.717) is 12.4 Å². The minimum atomic E-state index is -0.616. The molecule has 3 rings (SSSR count). The van der Waals surface area contributed by atoms with Gasteiger partial charge < -0.3 is 9.47 Å². The first kappa shape index (κ1) is 26.4. The van der Waals surface area contributed by atoms with Gasteiger partial charge in [-0.15, -0.1) is 0 Å². The third-order valence-corrected chi connectivity index (χ3v) is 5.90. The molecule has 0 unspecified atom stereocenters. The number of ether oxygens (including phenoxy) is 2. The molecule has 2 heterocycles. The van der Waals surface area contributed by atoms with Gasteiger partial charge in [0.15, 0.2) is 0 Å². The molecule has 2 aromatic rings. The maximum absolute atomic E-state index is 13.2. The Morgan fingerprint density at radius 2 is 1.94 bits per heavy atom. The highest BCUT2D eigenvalue weighted by Crippen LogP contribution is 2.26. The van der Waals surface area contributed by atoms with Crippen LogP contribution in [-0.2, 0) is 20.8 Å². The first-order valence-corrected chi connectivity index (χ1v) is 12.2. The van der Waals surface area contributed by atoms with Gasteiger partial charge in [0.05, 0.1) is 12.6 Å². The molecule has 0 spiro atoms. The van der Waals surface area contributed by atoms with Crippen molar-refractivity contribution in [3.63, 3.8) is 0 Å². The second-order valence-corrected chi connectivity index (χ2v) is 9.98. The smallest absolute Gasteiger partial charge is 0.416 e. The van der Waals surface area contributed by atoms with Gasteiger partial charge in [-0.2, -0.15) is 0 Å². The number of aromatic nitrogens is 1. The van der Waals surface area contributed by atoms with E-state index in [1.54, 1.807) is 30.2 Å². The van der Waals surface area contributed by atoms with Crippen LogP contribution in [0, 0.1) is 13.8 Å². The van der Waals surface area contributed by atoms with Gasteiger partial charge >= 0.3 is 12.1 Å². The minimum absolute atomic E-state index is 0.0511. The zero-order valence-electron chi connectivity index (χ0n) is 21.7. The molecule has 1 fully saturated rings. The maximum Gasteiger partial charge on any atom is 0.416 e. The number of esters is 1. The molecule has 0 saturated carbocycles. The van der Waals surface area contributed by atoms with Crippen molar-refractivity contribution < 1.29 is 19.1 Å². The highest BCUT2D eigenvalue weighted by atomic mass is 16.6. The number of hydrogen-bond donors (Lipinski definition) is 0. The summed E-state index contributed by atoms with van der Waals surface area (Å²) in [6.45, 7) is 14.4. The first-order valence-electron chi connectivity index (χ1n) is 12.2. The Kier molecular flexibility index (Phi) is 8.67. The van der Waals surface area contributed by atoms with Crippen molar-refractivity contribution in [3.05, 3.63) is 64.9 Å². The van der Waals surface area contributed by atoms with E-state index in [2.05, 4.69) is 41.9 Å². The second-order valence-electron chi connectivity index (χ2n) is 9.98. The van der Waals surface area contributed by atoms with Crippen LogP contribution in [0.3, 0.4) is 0 Å². The van der Waals surface area contributed by atoms with Crippen LogP contribution in [0.5, 0.6) is 0 Å². The van der Waals surface area contributed by atoms with E-state index < -0.39 is 17.7 Å². The van der Waals surface area contributed by atoms with Gasteiger partial charge in [-0.25, -0.2) is 14.6 Å². The van der Waals surface area contributed by atoms with Crippen LogP contribution in [0.4, 0.5) is 10.6 Å². The molecule has 1 aliphatic heterocycles. The lowest BCUT2D eigenvalue weighted by molar-refractivity contribution is -0.137. The number of aryl methyl sites for hydroxylation is 2. The predicted octanol–water partition coefficient (Wildman–Crippen LogP) is 5.29. The van der Waals surface area contributed by atoms with Crippen molar-refractivity contribution in [1.82, 2.24) is 9.88 Å². The quantitative estimate of drug-likeness (QED) is 0.397. The van der Waals surface area contributed by atoms with Crippen molar-refractivity contribution in [1.29, 1.82) is 0 Å². The fourth-order valence-electron chi connectivity index (χ4n) is 4.06. The Hall–Kier alpha value is -3.19. The van der Waals surface area contributed by atoms with Gasteiger partial charge in [-0.1, -0.05) is 18.2 Å². The summed E-state index contributed by atoms with van der Waals surface area (Å²) in [6.07, 6.45) is 5.08. The van der Waals surface area contributed by atoms with Crippen LogP contribution in [-0.4, -0.2) is 53.3 Å². The monoisotopic (exact) mass is 479 g/mol. The van der Waals surface area contributed by atoms with Gasteiger partial charge in [0.25, 0.3) is 0 Å². The Morgan fingerprint density at radius 1 is 1.17 bits per heavy atom. The van der Waals surface area contributed by atoms with Gasteiger partial charge in [0.1, 0.15) is 11.4 Å². The number of carbonyl (C=O) groups excluding carboxylic acids is 2.